The summed E-state index contributed by atoms with van der Waals surface area (Å²) in [4.78, 5) is 12.7. The molecule has 1 aliphatic heterocycles. The zero-order valence-electron chi connectivity index (χ0n) is 16.0. The molecule has 1 saturated carbocycles. The number of hydrogen-bond donors (Lipinski definition) is 2. The first kappa shape index (κ1) is 20.1. The molecule has 1 aromatic carbocycles. The Morgan fingerprint density at radius 1 is 1.15 bits per heavy atom. The molecule has 3 rings (SSSR count). The summed E-state index contributed by atoms with van der Waals surface area (Å²) in [5.74, 6) is 0.456. The number of piperidine rings is 1. The van der Waals surface area contributed by atoms with Crippen LogP contribution in [0, 0.1) is 0 Å². The molecule has 7 heteroatoms. The van der Waals surface area contributed by atoms with Gasteiger partial charge in [0.15, 0.2) is 14.6 Å². The number of amides is 1. The summed E-state index contributed by atoms with van der Waals surface area (Å²) in [7, 11) is -3.49. The van der Waals surface area contributed by atoms with Gasteiger partial charge in [-0.3, -0.25) is 4.79 Å². The number of ether oxygens (including phenoxy) is 1. The Balaban J connectivity index is 1.58. The summed E-state index contributed by atoms with van der Waals surface area (Å²) in [6.45, 7) is 1.38. The summed E-state index contributed by atoms with van der Waals surface area (Å²) >= 11 is 0. The van der Waals surface area contributed by atoms with Crippen molar-refractivity contribution in [2.45, 2.75) is 62.3 Å². The molecule has 2 N–H and O–H groups in total. The highest BCUT2D eigenvalue weighted by molar-refractivity contribution is 7.92. The van der Waals surface area contributed by atoms with E-state index in [4.69, 9.17) is 4.74 Å². The van der Waals surface area contributed by atoms with E-state index in [0.29, 0.717) is 38.6 Å². The van der Waals surface area contributed by atoms with Gasteiger partial charge in [-0.1, -0.05) is 18.6 Å². The molecule has 0 atom stereocenters. The minimum Gasteiger partial charge on any atom is -0.490 e. The van der Waals surface area contributed by atoms with Gasteiger partial charge < -0.3 is 15.4 Å². The molecule has 0 radical (unpaired) electrons. The minimum absolute atomic E-state index is 0.304. The first-order valence-electron chi connectivity index (χ1n) is 9.85. The average molecular weight is 395 g/mol. The van der Waals surface area contributed by atoms with E-state index in [1.807, 2.05) is 24.3 Å². The number of hydrogen-bond acceptors (Lipinski definition) is 5. The second-order valence-electron chi connectivity index (χ2n) is 7.72. The summed E-state index contributed by atoms with van der Waals surface area (Å²) < 4.78 is 29.3. The third kappa shape index (κ3) is 4.82. The first-order valence-corrected chi connectivity index (χ1v) is 11.7. The van der Waals surface area contributed by atoms with Crippen molar-refractivity contribution in [2.75, 3.05) is 19.3 Å². The molecule has 0 spiro atoms. The largest absolute Gasteiger partial charge is 0.490 e. The maximum Gasteiger partial charge on any atom is 0.241 e. The molecule has 1 aliphatic carbocycles. The first-order chi connectivity index (χ1) is 12.9. The highest BCUT2D eigenvalue weighted by Gasteiger charge is 2.48. The number of benzene rings is 1. The van der Waals surface area contributed by atoms with Gasteiger partial charge in [0.1, 0.15) is 5.75 Å². The third-order valence-corrected chi connectivity index (χ3v) is 7.78. The average Bonchev–Trinajstić information content (AvgIpc) is 2.68. The van der Waals surface area contributed by atoms with Gasteiger partial charge in [0, 0.05) is 12.8 Å². The number of nitrogens with one attached hydrogen (secondary N) is 2. The SMILES string of the molecule is CS(=O)(=O)C1(C(=O)NCc2ccc(OC3CCCCC3)cc2)CCNCC1. The van der Waals surface area contributed by atoms with E-state index in [0.717, 1.165) is 30.4 Å². The van der Waals surface area contributed by atoms with Gasteiger partial charge in [-0.05, 0) is 69.3 Å². The third-order valence-electron chi connectivity index (χ3n) is 5.77. The normalized spacial score (nSPS) is 20.8. The summed E-state index contributed by atoms with van der Waals surface area (Å²) in [6.07, 6.45) is 8.06. The molecular weight excluding hydrogens is 364 g/mol. The van der Waals surface area contributed by atoms with Crippen LogP contribution in [0.3, 0.4) is 0 Å². The second kappa shape index (κ2) is 8.61. The predicted molar refractivity (Wildman–Crippen MR) is 105 cm³/mol. The molecule has 1 aromatic rings. The molecule has 0 bridgehead atoms. The van der Waals surface area contributed by atoms with Gasteiger partial charge in [0.05, 0.1) is 6.10 Å². The molecule has 1 amide bonds. The lowest BCUT2D eigenvalue weighted by Crippen LogP contribution is -2.57. The molecule has 0 unspecified atom stereocenters. The van der Waals surface area contributed by atoms with Crippen LogP contribution < -0.4 is 15.4 Å². The minimum atomic E-state index is -3.49. The van der Waals surface area contributed by atoms with Gasteiger partial charge in [-0.2, -0.15) is 0 Å². The van der Waals surface area contributed by atoms with Crippen molar-refractivity contribution in [3.05, 3.63) is 29.8 Å². The van der Waals surface area contributed by atoms with E-state index in [1.54, 1.807) is 0 Å². The van der Waals surface area contributed by atoms with Gasteiger partial charge in [0.25, 0.3) is 0 Å². The molecule has 1 saturated heterocycles. The van der Waals surface area contributed by atoms with Crippen LogP contribution in [0.15, 0.2) is 24.3 Å². The van der Waals surface area contributed by atoms with Crippen LogP contribution in [0.1, 0.15) is 50.5 Å². The van der Waals surface area contributed by atoms with Crippen LogP contribution in [-0.4, -0.2) is 44.5 Å². The van der Waals surface area contributed by atoms with Crippen molar-refractivity contribution in [2.24, 2.45) is 0 Å². The van der Waals surface area contributed by atoms with Crippen molar-refractivity contribution in [1.82, 2.24) is 10.6 Å². The summed E-state index contributed by atoms with van der Waals surface area (Å²) in [5.41, 5.74) is 0.928. The van der Waals surface area contributed by atoms with Gasteiger partial charge >= 0.3 is 0 Å². The molecule has 1 heterocycles. The quantitative estimate of drug-likeness (QED) is 0.773. The fourth-order valence-electron chi connectivity index (χ4n) is 4.00. The monoisotopic (exact) mass is 394 g/mol. The highest BCUT2D eigenvalue weighted by Crippen LogP contribution is 2.28. The second-order valence-corrected chi connectivity index (χ2v) is 10.0. The molecule has 27 heavy (non-hydrogen) atoms. The number of carbonyl (C=O) groups is 1. The Morgan fingerprint density at radius 2 is 1.78 bits per heavy atom. The van der Waals surface area contributed by atoms with Crippen molar-refractivity contribution in [3.63, 3.8) is 0 Å². The Morgan fingerprint density at radius 3 is 2.37 bits per heavy atom. The fraction of sp³-hybridized carbons (Fsp3) is 0.650. The lowest BCUT2D eigenvalue weighted by atomic mass is 9.95. The van der Waals surface area contributed by atoms with Crippen molar-refractivity contribution >= 4 is 15.7 Å². The van der Waals surface area contributed by atoms with Crippen LogP contribution in [0.4, 0.5) is 0 Å². The Labute approximate surface area is 162 Å². The maximum atomic E-state index is 12.7. The van der Waals surface area contributed by atoms with E-state index < -0.39 is 20.5 Å². The topological polar surface area (TPSA) is 84.5 Å². The zero-order chi connectivity index (χ0) is 19.3. The van der Waals surface area contributed by atoms with Crippen molar-refractivity contribution in [1.29, 1.82) is 0 Å². The number of rotatable bonds is 6. The fourth-order valence-corrected chi connectivity index (χ4v) is 5.36. The van der Waals surface area contributed by atoms with Crippen LogP contribution in [0.5, 0.6) is 5.75 Å². The van der Waals surface area contributed by atoms with E-state index in [2.05, 4.69) is 10.6 Å². The standard InChI is InChI=1S/C20H30N2O4S/c1-27(24,25)20(11-13-21-14-12-20)19(23)22-15-16-7-9-18(10-8-16)26-17-5-3-2-4-6-17/h7-10,17,21H,2-6,11-15H2,1H3,(H,22,23). The molecule has 0 aromatic heterocycles. The van der Waals surface area contributed by atoms with E-state index in [1.165, 1.54) is 19.3 Å². The van der Waals surface area contributed by atoms with E-state index >= 15 is 0 Å². The van der Waals surface area contributed by atoms with Crippen LogP contribution >= 0.6 is 0 Å². The molecular formula is C20H30N2O4S. The van der Waals surface area contributed by atoms with Gasteiger partial charge in [0.2, 0.25) is 5.91 Å². The smallest absolute Gasteiger partial charge is 0.241 e. The van der Waals surface area contributed by atoms with Gasteiger partial charge in [-0.25, -0.2) is 8.42 Å². The summed E-state index contributed by atoms with van der Waals surface area (Å²) in [5, 5.41) is 5.95. The Hall–Kier alpha value is -1.60. The molecule has 2 aliphatic rings. The lowest BCUT2D eigenvalue weighted by Gasteiger charge is -2.34. The van der Waals surface area contributed by atoms with Crippen LogP contribution in [-0.2, 0) is 21.2 Å². The molecule has 6 nitrogen and oxygen atoms in total. The van der Waals surface area contributed by atoms with Crippen LogP contribution in [0.2, 0.25) is 0 Å². The number of sulfone groups is 1. The Bertz CT molecular complexity index is 734. The van der Waals surface area contributed by atoms with E-state index in [9.17, 15) is 13.2 Å². The van der Waals surface area contributed by atoms with E-state index in [-0.39, 0.29) is 0 Å². The summed E-state index contributed by atoms with van der Waals surface area (Å²) in [6, 6.07) is 7.70. The highest BCUT2D eigenvalue weighted by atomic mass is 32.2. The predicted octanol–water partition coefficient (Wildman–Crippen LogP) is 2.18. The molecule has 150 valence electrons. The lowest BCUT2D eigenvalue weighted by molar-refractivity contribution is -0.124. The maximum absolute atomic E-state index is 12.7. The Kier molecular flexibility index (Phi) is 6.42. The number of carbonyl (C=O) groups excluding carboxylic acids is 1. The van der Waals surface area contributed by atoms with Crippen molar-refractivity contribution in [3.8, 4) is 5.75 Å². The molecule has 2 fully saturated rings. The van der Waals surface area contributed by atoms with Crippen LogP contribution in [0.25, 0.3) is 0 Å². The van der Waals surface area contributed by atoms with Gasteiger partial charge in [-0.15, -0.1) is 0 Å². The van der Waals surface area contributed by atoms with Crippen molar-refractivity contribution < 1.29 is 17.9 Å². The zero-order valence-corrected chi connectivity index (χ0v) is 16.8.